The Labute approximate surface area is 107 Å². The topological polar surface area (TPSA) is 57.6 Å². The van der Waals surface area contributed by atoms with E-state index < -0.39 is 5.97 Å². The lowest BCUT2D eigenvalue weighted by Crippen LogP contribution is -2.26. The fourth-order valence-electron chi connectivity index (χ4n) is 1.75. The molecule has 1 aromatic carbocycles. The van der Waals surface area contributed by atoms with Crippen LogP contribution in [-0.4, -0.2) is 28.9 Å². The van der Waals surface area contributed by atoms with Gasteiger partial charge >= 0.3 is 5.97 Å². The SMILES string of the molecule is Cc1cccc(CN(C)C(=O)CCCC(=O)O)c1. The summed E-state index contributed by atoms with van der Waals surface area (Å²) >= 11 is 0. The summed E-state index contributed by atoms with van der Waals surface area (Å²) in [6, 6.07) is 8.00. The number of nitrogens with zero attached hydrogens (tertiary/aromatic N) is 1. The number of aryl methyl sites for hydroxylation is 1. The fraction of sp³-hybridized carbons (Fsp3) is 0.429. The first-order valence-electron chi connectivity index (χ1n) is 6.00. The largest absolute Gasteiger partial charge is 0.481 e. The molecule has 0 aliphatic rings. The van der Waals surface area contributed by atoms with Crippen molar-refractivity contribution in [2.24, 2.45) is 0 Å². The maximum absolute atomic E-state index is 11.7. The van der Waals surface area contributed by atoms with Crippen LogP contribution in [0.4, 0.5) is 0 Å². The zero-order valence-electron chi connectivity index (χ0n) is 10.8. The molecular formula is C14H19NO3. The fourth-order valence-corrected chi connectivity index (χ4v) is 1.75. The first kappa shape index (κ1) is 14.2. The average molecular weight is 249 g/mol. The molecule has 0 atom stereocenters. The van der Waals surface area contributed by atoms with Crippen LogP contribution in [0.15, 0.2) is 24.3 Å². The van der Waals surface area contributed by atoms with Crippen LogP contribution in [0.3, 0.4) is 0 Å². The van der Waals surface area contributed by atoms with E-state index in [-0.39, 0.29) is 18.7 Å². The maximum Gasteiger partial charge on any atom is 0.303 e. The van der Waals surface area contributed by atoms with E-state index in [0.29, 0.717) is 13.0 Å². The second kappa shape index (κ2) is 6.79. The molecular weight excluding hydrogens is 230 g/mol. The Morgan fingerprint density at radius 2 is 2.00 bits per heavy atom. The van der Waals surface area contributed by atoms with Crippen molar-refractivity contribution in [1.29, 1.82) is 0 Å². The van der Waals surface area contributed by atoms with Gasteiger partial charge in [0.2, 0.25) is 5.91 Å². The molecule has 1 aromatic rings. The molecule has 0 radical (unpaired) electrons. The molecule has 0 spiro atoms. The van der Waals surface area contributed by atoms with Crippen LogP contribution in [0.25, 0.3) is 0 Å². The number of benzene rings is 1. The van der Waals surface area contributed by atoms with Crippen molar-refractivity contribution in [1.82, 2.24) is 4.90 Å². The average Bonchev–Trinajstić information content (AvgIpc) is 2.28. The molecule has 0 aliphatic carbocycles. The summed E-state index contributed by atoms with van der Waals surface area (Å²) in [5.41, 5.74) is 2.25. The van der Waals surface area contributed by atoms with Crippen molar-refractivity contribution in [2.75, 3.05) is 7.05 Å². The van der Waals surface area contributed by atoms with Crippen LogP contribution in [0.5, 0.6) is 0 Å². The number of carbonyl (C=O) groups is 2. The van der Waals surface area contributed by atoms with Gasteiger partial charge < -0.3 is 10.0 Å². The minimum atomic E-state index is -0.857. The van der Waals surface area contributed by atoms with Gasteiger partial charge in [-0.25, -0.2) is 0 Å². The number of carboxylic acids is 1. The molecule has 4 nitrogen and oxygen atoms in total. The van der Waals surface area contributed by atoms with Crippen LogP contribution in [0.1, 0.15) is 30.4 Å². The number of rotatable bonds is 6. The Morgan fingerprint density at radius 1 is 1.28 bits per heavy atom. The normalized spacial score (nSPS) is 10.1. The molecule has 0 saturated heterocycles. The van der Waals surface area contributed by atoms with Crippen LogP contribution in [0, 0.1) is 6.92 Å². The molecule has 0 aromatic heterocycles. The van der Waals surface area contributed by atoms with E-state index in [9.17, 15) is 9.59 Å². The summed E-state index contributed by atoms with van der Waals surface area (Å²) in [6.45, 7) is 2.58. The van der Waals surface area contributed by atoms with Gasteiger partial charge in [-0.05, 0) is 18.9 Å². The number of carbonyl (C=O) groups excluding carboxylic acids is 1. The number of hydrogen-bond donors (Lipinski definition) is 1. The van der Waals surface area contributed by atoms with Gasteiger partial charge in [0.25, 0.3) is 0 Å². The third-order valence-electron chi connectivity index (χ3n) is 2.71. The molecule has 0 unspecified atom stereocenters. The lowest BCUT2D eigenvalue weighted by atomic mass is 10.1. The van der Waals surface area contributed by atoms with Gasteiger partial charge in [-0.2, -0.15) is 0 Å². The van der Waals surface area contributed by atoms with Crippen LogP contribution in [0.2, 0.25) is 0 Å². The maximum atomic E-state index is 11.7. The van der Waals surface area contributed by atoms with Crippen LogP contribution >= 0.6 is 0 Å². The van der Waals surface area contributed by atoms with Crippen molar-refractivity contribution in [3.63, 3.8) is 0 Å². The summed E-state index contributed by atoms with van der Waals surface area (Å²) < 4.78 is 0. The quantitative estimate of drug-likeness (QED) is 0.841. The minimum Gasteiger partial charge on any atom is -0.481 e. The van der Waals surface area contributed by atoms with E-state index in [4.69, 9.17) is 5.11 Å². The summed E-state index contributed by atoms with van der Waals surface area (Å²) in [5, 5.41) is 8.51. The van der Waals surface area contributed by atoms with E-state index in [1.807, 2.05) is 31.2 Å². The molecule has 1 amide bonds. The molecule has 1 N–H and O–H groups in total. The lowest BCUT2D eigenvalue weighted by molar-refractivity contribution is -0.137. The first-order chi connectivity index (χ1) is 8.49. The summed E-state index contributed by atoms with van der Waals surface area (Å²) in [4.78, 5) is 23.7. The van der Waals surface area contributed by atoms with Gasteiger partial charge in [-0.3, -0.25) is 9.59 Å². The Balaban J connectivity index is 2.42. The summed E-state index contributed by atoms with van der Waals surface area (Å²) in [6.07, 6.45) is 0.727. The Kier molecular flexibility index (Phi) is 5.36. The van der Waals surface area contributed by atoms with Crippen molar-refractivity contribution in [2.45, 2.75) is 32.7 Å². The third kappa shape index (κ3) is 4.99. The highest BCUT2D eigenvalue weighted by atomic mass is 16.4. The molecule has 0 fully saturated rings. The number of hydrogen-bond acceptors (Lipinski definition) is 2. The number of carboxylic acid groups (broad SMARTS) is 1. The highest BCUT2D eigenvalue weighted by Crippen LogP contribution is 2.08. The van der Waals surface area contributed by atoms with E-state index in [2.05, 4.69) is 0 Å². The van der Waals surface area contributed by atoms with Crippen LogP contribution in [-0.2, 0) is 16.1 Å². The smallest absolute Gasteiger partial charge is 0.303 e. The molecule has 18 heavy (non-hydrogen) atoms. The van der Waals surface area contributed by atoms with E-state index in [1.165, 1.54) is 5.56 Å². The standard InChI is InChI=1S/C14H19NO3/c1-11-5-3-6-12(9-11)10-15(2)13(16)7-4-8-14(17)18/h3,5-6,9H,4,7-8,10H2,1-2H3,(H,17,18). The molecule has 0 heterocycles. The molecule has 0 bridgehead atoms. The Morgan fingerprint density at radius 3 is 2.61 bits per heavy atom. The van der Waals surface area contributed by atoms with Gasteiger partial charge in [-0.1, -0.05) is 29.8 Å². The monoisotopic (exact) mass is 249 g/mol. The van der Waals surface area contributed by atoms with Gasteiger partial charge in [0.15, 0.2) is 0 Å². The Bertz CT molecular complexity index is 429. The van der Waals surface area contributed by atoms with Crippen molar-refractivity contribution in [3.05, 3.63) is 35.4 Å². The zero-order valence-corrected chi connectivity index (χ0v) is 10.8. The second-order valence-corrected chi connectivity index (χ2v) is 4.49. The second-order valence-electron chi connectivity index (χ2n) is 4.49. The number of amides is 1. The first-order valence-corrected chi connectivity index (χ1v) is 6.00. The molecule has 0 aliphatic heterocycles. The molecule has 98 valence electrons. The van der Waals surface area contributed by atoms with Gasteiger partial charge in [0.1, 0.15) is 0 Å². The predicted molar refractivity (Wildman–Crippen MR) is 69.1 cm³/mol. The Hall–Kier alpha value is -1.84. The highest BCUT2D eigenvalue weighted by Gasteiger charge is 2.10. The van der Waals surface area contributed by atoms with Gasteiger partial charge in [0.05, 0.1) is 0 Å². The van der Waals surface area contributed by atoms with Crippen molar-refractivity contribution < 1.29 is 14.7 Å². The minimum absolute atomic E-state index is 0.0160. The number of aliphatic carboxylic acids is 1. The summed E-state index contributed by atoms with van der Waals surface area (Å²) in [5.74, 6) is -0.873. The molecule has 4 heteroatoms. The summed E-state index contributed by atoms with van der Waals surface area (Å²) in [7, 11) is 1.74. The van der Waals surface area contributed by atoms with Gasteiger partial charge in [-0.15, -0.1) is 0 Å². The van der Waals surface area contributed by atoms with Crippen LogP contribution < -0.4 is 0 Å². The predicted octanol–water partition coefficient (Wildman–Crippen LogP) is 2.21. The molecule has 1 rings (SSSR count). The highest BCUT2D eigenvalue weighted by molar-refractivity contribution is 5.76. The molecule has 0 saturated carbocycles. The lowest BCUT2D eigenvalue weighted by Gasteiger charge is -2.17. The third-order valence-corrected chi connectivity index (χ3v) is 2.71. The van der Waals surface area contributed by atoms with Crippen molar-refractivity contribution in [3.8, 4) is 0 Å². The van der Waals surface area contributed by atoms with Crippen molar-refractivity contribution >= 4 is 11.9 Å². The van der Waals surface area contributed by atoms with E-state index in [0.717, 1.165) is 5.56 Å². The van der Waals surface area contributed by atoms with E-state index in [1.54, 1.807) is 11.9 Å². The zero-order chi connectivity index (χ0) is 13.5. The van der Waals surface area contributed by atoms with E-state index >= 15 is 0 Å². The van der Waals surface area contributed by atoms with Gasteiger partial charge in [0, 0.05) is 26.4 Å².